The topological polar surface area (TPSA) is 36.0 Å². The molecule has 3 aromatic heterocycles. The van der Waals surface area contributed by atoms with Gasteiger partial charge in [0.2, 0.25) is 0 Å². The molecular formula is C78H46B2N6O. The van der Waals surface area contributed by atoms with Gasteiger partial charge in [-0.15, -0.1) is 0 Å². The standard InChI is InChI=1S/C78H46B2N6O/c1-4-21-47(22-5-1)81-67-43-50(83-62-33-15-10-27-52(62)53-28-11-16-34-63(53)83)39-41-58(67)79-60-32-20-37-66-74(60)86-75-61(45-57-56-31-14-19-38-71(56)87-78(57)77(75)85(66)49-25-8-3-9-26-49)80-59-42-40-51(84-64-35-17-12-29-54(64)55-30-13-18-36-65(55)84)44-68(59)82(48-23-6-2-7-24-48)70-46-69(81)72(79)76(86)73(70)80/h1-46H. The Kier molecular flexibility index (Phi) is 8.83. The van der Waals surface area contributed by atoms with Gasteiger partial charge >= 0.3 is 0 Å². The van der Waals surface area contributed by atoms with E-state index in [-0.39, 0.29) is 13.4 Å². The summed E-state index contributed by atoms with van der Waals surface area (Å²) in [6.45, 7) is -0.339. The Labute approximate surface area is 500 Å². The molecule has 0 radical (unpaired) electrons. The van der Waals surface area contributed by atoms with Gasteiger partial charge in [0.15, 0.2) is 5.58 Å². The van der Waals surface area contributed by atoms with Crippen LogP contribution >= 0.6 is 0 Å². The monoisotopic (exact) mass is 1100 g/mol. The van der Waals surface area contributed by atoms with Crippen LogP contribution in [0, 0.1) is 0 Å². The maximum absolute atomic E-state index is 7.31. The van der Waals surface area contributed by atoms with E-state index in [1.165, 1.54) is 87.8 Å². The summed E-state index contributed by atoms with van der Waals surface area (Å²) in [5, 5.41) is 7.17. The number of benzene rings is 13. The van der Waals surface area contributed by atoms with E-state index in [1.807, 2.05) is 0 Å². The molecule has 0 amide bonds. The molecule has 0 N–H and O–H groups in total. The van der Waals surface area contributed by atoms with Crippen LogP contribution in [0.5, 0.6) is 0 Å². The smallest absolute Gasteiger partial charge is 0.252 e. The van der Waals surface area contributed by atoms with Crippen molar-refractivity contribution in [2.45, 2.75) is 0 Å². The van der Waals surface area contributed by atoms with Crippen molar-refractivity contribution >= 4 is 180 Å². The lowest BCUT2D eigenvalue weighted by molar-refractivity contribution is 0.669. The fourth-order valence-corrected chi connectivity index (χ4v) is 16.4. The van der Waals surface area contributed by atoms with Crippen molar-refractivity contribution in [1.29, 1.82) is 0 Å². The molecule has 13 aromatic carbocycles. The van der Waals surface area contributed by atoms with Gasteiger partial charge in [-0.2, -0.15) is 0 Å². The minimum atomic E-state index is -0.195. The molecule has 16 aromatic rings. The molecular weight excluding hydrogens is 1060 g/mol. The van der Waals surface area contributed by atoms with Crippen LogP contribution in [0.2, 0.25) is 0 Å². The molecule has 8 heterocycles. The highest BCUT2D eigenvalue weighted by Crippen LogP contribution is 2.60. The average Bonchev–Trinajstić information content (AvgIpc) is 1.51. The zero-order chi connectivity index (χ0) is 56.3. The number of furan rings is 1. The summed E-state index contributed by atoms with van der Waals surface area (Å²) in [4.78, 5) is 10.4. The summed E-state index contributed by atoms with van der Waals surface area (Å²) >= 11 is 0. The third-order valence-electron chi connectivity index (χ3n) is 19.7. The number of hydrogen-bond acceptors (Lipinski definition) is 5. The Balaban J connectivity index is 0.935. The lowest BCUT2D eigenvalue weighted by atomic mass is 9.28. The van der Waals surface area contributed by atoms with Crippen LogP contribution in [-0.4, -0.2) is 22.6 Å². The zero-order valence-electron chi connectivity index (χ0n) is 46.8. The van der Waals surface area contributed by atoms with Crippen molar-refractivity contribution in [3.8, 4) is 11.4 Å². The van der Waals surface area contributed by atoms with E-state index < -0.39 is 0 Å². The van der Waals surface area contributed by atoms with Crippen molar-refractivity contribution in [3.05, 3.63) is 279 Å². The molecule has 0 unspecified atom stereocenters. The van der Waals surface area contributed by atoms with Gasteiger partial charge in [-0.3, -0.25) is 0 Å². The molecule has 0 saturated heterocycles. The van der Waals surface area contributed by atoms with Gasteiger partial charge in [0.25, 0.3) is 13.4 Å². The van der Waals surface area contributed by atoms with Gasteiger partial charge in [0, 0.05) is 89.2 Å². The quantitative estimate of drug-likeness (QED) is 0.161. The highest BCUT2D eigenvalue weighted by molar-refractivity contribution is 7.05. The number of nitrogens with zero attached hydrogens (tertiary/aromatic N) is 6. The van der Waals surface area contributed by atoms with E-state index in [0.29, 0.717) is 0 Å². The predicted molar refractivity (Wildman–Crippen MR) is 364 cm³/mol. The molecule has 9 heteroatoms. The third kappa shape index (κ3) is 5.83. The maximum atomic E-state index is 7.31. The van der Waals surface area contributed by atoms with Crippen LogP contribution in [0.4, 0.5) is 68.2 Å². The number of anilines is 12. The van der Waals surface area contributed by atoms with Gasteiger partial charge < -0.3 is 33.2 Å². The predicted octanol–water partition coefficient (Wildman–Crippen LogP) is 16.3. The first-order valence-corrected chi connectivity index (χ1v) is 30.2. The molecule has 0 atom stereocenters. The van der Waals surface area contributed by atoms with Crippen LogP contribution in [0.15, 0.2) is 283 Å². The molecule has 5 aliphatic heterocycles. The van der Waals surface area contributed by atoms with Crippen molar-refractivity contribution < 1.29 is 4.42 Å². The van der Waals surface area contributed by atoms with Gasteiger partial charge in [-0.25, -0.2) is 0 Å². The molecule has 0 fully saturated rings. The molecule has 0 saturated carbocycles. The second-order valence-corrected chi connectivity index (χ2v) is 23.9. The Bertz CT molecular complexity index is 5610. The van der Waals surface area contributed by atoms with Crippen LogP contribution in [-0.2, 0) is 0 Å². The summed E-state index contributed by atoms with van der Waals surface area (Å²) in [6, 6.07) is 104. The van der Waals surface area contributed by atoms with Crippen LogP contribution in [0.25, 0.3) is 76.9 Å². The Morgan fingerprint density at radius 2 is 0.690 bits per heavy atom. The summed E-state index contributed by atoms with van der Waals surface area (Å²) in [7, 11) is 0. The van der Waals surface area contributed by atoms with Crippen molar-refractivity contribution in [2.24, 2.45) is 0 Å². The summed E-state index contributed by atoms with van der Waals surface area (Å²) in [5.41, 5.74) is 30.0. The first-order valence-electron chi connectivity index (χ1n) is 30.2. The fraction of sp³-hybridized carbons (Fsp3) is 0. The molecule has 5 aliphatic rings. The van der Waals surface area contributed by atoms with Gasteiger partial charge in [-0.1, -0.05) is 176 Å². The van der Waals surface area contributed by atoms with Gasteiger partial charge in [0.05, 0.1) is 39.1 Å². The lowest BCUT2D eigenvalue weighted by Gasteiger charge is -2.54. The number of aromatic nitrogens is 2. The van der Waals surface area contributed by atoms with Gasteiger partial charge in [0.1, 0.15) is 11.3 Å². The largest absolute Gasteiger partial charge is 0.454 e. The number of fused-ring (bicyclic) bond motifs is 16. The first kappa shape index (κ1) is 46.0. The van der Waals surface area contributed by atoms with E-state index in [4.69, 9.17) is 4.42 Å². The minimum Gasteiger partial charge on any atom is -0.454 e. The third-order valence-corrected chi connectivity index (χ3v) is 19.7. The molecule has 0 bridgehead atoms. The van der Waals surface area contributed by atoms with E-state index in [9.17, 15) is 0 Å². The number of hydrogen-bond donors (Lipinski definition) is 0. The molecule has 7 nitrogen and oxygen atoms in total. The van der Waals surface area contributed by atoms with Crippen molar-refractivity contribution in [2.75, 3.05) is 19.6 Å². The van der Waals surface area contributed by atoms with Crippen LogP contribution < -0.4 is 52.4 Å². The molecule has 400 valence electrons. The molecule has 0 spiro atoms. The van der Waals surface area contributed by atoms with Crippen LogP contribution in [0.3, 0.4) is 0 Å². The van der Waals surface area contributed by atoms with Crippen molar-refractivity contribution in [3.63, 3.8) is 0 Å². The minimum absolute atomic E-state index is 0.144. The molecule has 21 rings (SSSR count). The summed E-state index contributed by atoms with van der Waals surface area (Å²) < 4.78 is 12.2. The number of para-hydroxylation sites is 9. The zero-order valence-corrected chi connectivity index (χ0v) is 46.8. The Morgan fingerprint density at radius 3 is 1.21 bits per heavy atom. The highest BCUT2D eigenvalue weighted by atomic mass is 16.3. The lowest BCUT2D eigenvalue weighted by Crippen LogP contribution is -2.69. The Hall–Kier alpha value is -11.4. The van der Waals surface area contributed by atoms with E-state index in [0.717, 1.165) is 90.2 Å². The SMILES string of the molecule is c1ccc(N2c3cc(-n4c5ccccc5c5ccccc54)ccc3B3c4cccc5c4N4c6c3c2cc2c6B(c3ccc(-n6c7ccccc7c7ccccc76)cc3N2c2ccccc2)c2cc3c(oc6ccccc63)c(c24)N5c2ccccc2)cc1. The fourth-order valence-electron chi connectivity index (χ4n) is 16.4. The van der Waals surface area contributed by atoms with Crippen molar-refractivity contribution in [1.82, 2.24) is 9.13 Å². The normalized spacial score (nSPS) is 13.8. The van der Waals surface area contributed by atoms with E-state index >= 15 is 0 Å². The summed E-state index contributed by atoms with van der Waals surface area (Å²) in [5.74, 6) is 0. The van der Waals surface area contributed by atoms with E-state index in [2.05, 4.69) is 308 Å². The average molecular weight is 1100 g/mol. The maximum Gasteiger partial charge on any atom is 0.252 e. The Morgan fingerprint density at radius 1 is 0.241 bits per heavy atom. The van der Waals surface area contributed by atoms with Crippen LogP contribution in [0.1, 0.15) is 0 Å². The first-order chi connectivity index (χ1) is 43.2. The second-order valence-electron chi connectivity index (χ2n) is 23.9. The molecule has 87 heavy (non-hydrogen) atoms. The molecule has 0 aliphatic carbocycles. The number of rotatable bonds is 5. The summed E-state index contributed by atoms with van der Waals surface area (Å²) in [6.07, 6.45) is 0. The van der Waals surface area contributed by atoms with Gasteiger partial charge in [-0.05, 0) is 136 Å². The van der Waals surface area contributed by atoms with E-state index in [1.54, 1.807) is 0 Å². The second kappa shape index (κ2) is 16.7. The highest BCUT2D eigenvalue weighted by Gasteiger charge is 2.55.